The Labute approximate surface area is 135 Å². The molecule has 0 spiro atoms. The molecule has 0 bridgehead atoms. The third-order valence-electron chi connectivity index (χ3n) is 3.14. The van der Waals surface area contributed by atoms with Gasteiger partial charge in [-0.1, -0.05) is 36.7 Å². The van der Waals surface area contributed by atoms with Crippen LogP contribution in [0.2, 0.25) is 0 Å². The summed E-state index contributed by atoms with van der Waals surface area (Å²) in [4.78, 5) is 25.3. The van der Waals surface area contributed by atoms with Gasteiger partial charge in [0.05, 0.1) is 0 Å². The number of hydrogen-bond donors (Lipinski definition) is 1. The topological polar surface area (TPSA) is 49.4 Å². The summed E-state index contributed by atoms with van der Waals surface area (Å²) in [5.74, 6) is -0.0558. The van der Waals surface area contributed by atoms with Crippen molar-refractivity contribution in [3.05, 3.63) is 28.2 Å². The lowest BCUT2D eigenvalue weighted by Crippen LogP contribution is -2.41. The van der Waals surface area contributed by atoms with Crippen LogP contribution in [0.1, 0.15) is 33.3 Å². The van der Waals surface area contributed by atoms with Crippen molar-refractivity contribution in [3.8, 4) is 0 Å². The molecule has 0 atom stereocenters. The van der Waals surface area contributed by atoms with Gasteiger partial charge < -0.3 is 10.2 Å². The van der Waals surface area contributed by atoms with Gasteiger partial charge in [-0.15, -0.1) is 0 Å². The molecule has 1 N–H and O–H groups in total. The Morgan fingerprint density at radius 2 is 1.90 bits per heavy atom. The van der Waals surface area contributed by atoms with E-state index < -0.39 is 5.41 Å². The zero-order valence-corrected chi connectivity index (χ0v) is 14.9. The maximum absolute atomic E-state index is 11.8. The number of hydrogen-bond acceptors (Lipinski definition) is 2. The highest BCUT2D eigenvalue weighted by Gasteiger charge is 2.21. The van der Waals surface area contributed by atoms with Gasteiger partial charge in [-0.05, 0) is 30.7 Å². The SMILES string of the molecule is CC(=O)N(CCNC(=O)C(C)(C)C)c1ccc(Br)c(C)c1. The second-order valence-electron chi connectivity index (χ2n) is 6.11. The predicted molar refractivity (Wildman–Crippen MR) is 89.4 cm³/mol. The van der Waals surface area contributed by atoms with Crippen LogP contribution in [0, 0.1) is 12.3 Å². The van der Waals surface area contributed by atoms with E-state index in [9.17, 15) is 9.59 Å². The average molecular weight is 355 g/mol. The molecular formula is C16H23BrN2O2. The minimum absolute atomic E-state index is 0.0158. The highest BCUT2D eigenvalue weighted by molar-refractivity contribution is 9.10. The molecular weight excluding hydrogens is 332 g/mol. The van der Waals surface area contributed by atoms with Crippen LogP contribution in [0.4, 0.5) is 5.69 Å². The first-order valence-corrected chi connectivity index (χ1v) is 7.75. The molecule has 0 aromatic heterocycles. The van der Waals surface area contributed by atoms with Gasteiger partial charge in [-0.3, -0.25) is 9.59 Å². The number of amides is 2. The Balaban J connectivity index is 2.73. The fraction of sp³-hybridized carbons (Fsp3) is 0.500. The summed E-state index contributed by atoms with van der Waals surface area (Å²) in [6.45, 7) is 9.99. The van der Waals surface area contributed by atoms with Gasteiger partial charge in [0.25, 0.3) is 0 Å². The van der Waals surface area contributed by atoms with Crippen LogP contribution in [-0.2, 0) is 9.59 Å². The zero-order chi connectivity index (χ0) is 16.2. The number of carbonyl (C=O) groups is 2. The maximum Gasteiger partial charge on any atom is 0.225 e. The molecule has 0 aliphatic heterocycles. The first-order valence-electron chi connectivity index (χ1n) is 6.95. The van der Waals surface area contributed by atoms with E-state index in [1.165, 1.54) is 6.92 Å². The molecule has 5 heteroatoms. The number of anilines is 1. The zero-order valence-electron chi connectivity index (χ0n) is 13.3. The summed E-state index contributed by atoms with van der Waals surface area (Å²) in [6.07, 6.45) is 0. The molecule has 0 radical (unpaired) electrons. The van der Waals surface area contributed by atoms with E-state index >= 15 is 0 Å². The van der Waals surface area contributed by atoms with Gasteiger partial charge in [0.2, 0.25) is 11.8 Å². The van der Waals surface area contributed by atoms with Crippen molar-refractivity contribution in [1.82, 2.24) is 5.32 Å². The molecule has 1 rings (SSSR count). The van der Waals surface area contributed by atoms with E-state index in [2.05, 4.69) is 21.2 Å². The molecule has 0 unspecified atom stereocenters. The van der Waals surface area contributed by atoms with Gasteiger partial charge in [0.1, 0.15) is 0 Å². The van der Waals surface area contributed by atoms with Gasteiger partial charge in [-0.25, -0.2) is 0 Å². The Kier molecular flexibility index (Phi) is 5.96. The number of nitrogens with zero attached hydrogens (tertiary/aromatic N) is 1. The number of aryl methyl sites for hydroxylation is 1. The number of rotatable bonds is 4. The summed E-state index contributed by atoms with van der Waals surface area (Å²) < 4.78 is 1.01. The predicted octanol–water partition coefficient (Wildman–Crippen LogP) is 3.27. The fourth-order valence-corrected chi connectivity index (χ4v) is 2.06. The second-order valence-corrected chi connectivity index (χ2v) is 6.96. The molecule has 0 aliphatic rings. The molecule has 0 fully saturated rings. The molecule has 0 aliphatic carbocycles. The normalized spacial score (nSPS) is 11.1. The molecule has 1 aromatic carbocycles. The number of nitrogens with one attached hydrogen (secondary N) is 1. The van der Waals surface area contributed by atoms with E-state index in [1.54, 1.807) is 4.90 Å². The van der Waals surface area contributed by atoms with E-state index in [1.807, 2.05) is 45.9 Å². The van der Waals surface area contributed by atoms with Crippen LogP contribution in [0.3, 0.4) is 0 Å². The maximum atomic E-state index is 11.8. The van der Waals surface area contributed by atoms with E-state index in [-0.39, 0.29) is 11.8 Å². The number of halogens is 1. The van der Waals surface area contributed by atoms with Crippen molar-refractivity contribution in [2.75, 3.05) is 18.0 Å². The summed E-state index contributed by atoms with van der Waals surface area (Å²) >= 11 is 3.45. The molecule has 0 heterocycles. The lowest BCUT2D eigenvalue weighted by Gasteiger charge is -2.24. The van der Waals surface area contributed by atoms with Crippen LogP contribution in [-0.4, -0.2) is 24.9 Å². The third-order valence-corrected chi connectivity index (χ3v) is 4.03. The molecule has 2 amide bonds. The second kappa shape index (κ2) is 7.07. The minimum atomic E-state index is -0.421. The fourth-order valence-electron chi connectivity index (χ4n) is 1.81. The first kappa shape index (κ1) is 17.7. The third kappa shape index (κ3) is 5.16. The summed E-state index contributed by atoms with van der Waals surface area (Å²) in [5.41, 5.74) is 1.49. The highest BCUT2D eigenvalue weighted by atomic mass is 79.9. The summed E-state index contributed by atoms with van der Waals surface area (Å²) in [6, 6.07) is 5.77. The van der Waals surface area contributed by atoms with Crippen LogP contribution < -0.4 is 10.2 Å². The lowest BCUT2D eigenvalue weighted by molar-refractivity contribution is -0.128. The molecule has 1 aromatic rings. The number of carbonyl (C=O) groups excluding carboxylic acids is 2. The molecule has 0 saturated heterocycles. The first-order chi connectivity index (χ1) is 9.62. The van der Waals surface area contributed by atoms with Crippen LogP contribution in [0.25, 0.3) is 0 Å². The van der Waals surface area contributed by atoms with E-state index in [0.29, 0.717) is 13.1 Å². The van der Waals surface area contributed by atoms with Crippen molar-refractivity contribution < 1.29 is 9.59 Å². The number of benzene rings is 1. The van der Waals surface area contributed by atoms with Crippen molar-refractivity contribution in [2.24, 2.45) is 5.41 Å². The Bertz CT molecular complexity index is 536. The standard InChI is InChI=1S/C16H23BrN2O2/c1-11-10-13(6-7-14(11)17)19(12(2)20)9-8-18-15(21)16(3,4)5/h6-7,10H,8-9H2,1-5H3,(H,18,21). The van der Waals surface area contributed by atoms with Crippen molar-refractivity contribution in [2.45, 2.75) is 34.6 Å². The van der Waals surface area contributed by atoms with Gasteiger partial charge >= 0.3 is 0 Å². The Hall–Kier alpha value is -1.36. The highest BCUT2D eigenvalue weighted by Crippen LogP contribution is 2.23. The van der Waals surface area contributed by atoms with Crippen molar-refractivity contribution >= 4 is 33.4 Å². The van der Waals surface area contributed by atoms with Gasteiger partial charge in [-0.2, -0.15) is 0 Å². The van der Waals surface area contributed by atoms with Crippen LogP contribution >= 0.6 is 15.9 Å². The largest absolute Gasteiger partial charge is 0.354 e. The molecule has 0 saturated carbocycles. The lowest BCUT2D eigenvalue weighted by atomic mass is 9.96. The van der Waals surface area contributed by atoms with Crippen molar-refractivity contribution in [3.63, 3.8) is 0 Å². The summed E-state index contributed by atoms with van der Waals surface area (Å²) in [5, 5.41) is 2.86. The Morgan fingerprint density at radius 3 is 2.38 bits per heavy atom. The van der Waals surface area contributed by atoms with Gasteiger partial charge in [0, 0.05) is 35.6 Å². The molecule has 4 nitrogen and oxygen atoms in total. The Morgan fingerprint density at radius 1 is 1.29 bits per heavy atom. The minimum Gasteiger partial charge on any atom is -0.354 e. The quantitative estimate of drug-likeness (QED) is 0.901. The summed E-state index contributed by atoms with van der Waals surface area (Å²) in [7, 11) is 0. The van der Waals surface area contributed by atoms with Gasteiger partial charge in [0.15, 0.2) is 0 Å². The molecule has 116 valence electrons. The average Bonchev–Trinajstić information content (AvgIpc) is 2.36. The van der Waals surface area contributed by atoms with Crippen molar-refractivity contribution in [1.29, 1.82) is 0 Å². The van der Waals surface area contributed by atoms with Crippen LogP contribution in [0.15, 0.2) is 22.7 Å². The van der Waals surface area contributed by atoms with E-state index in [4.69, 9.17) is 0 Å². The monoisotopic (exact) mass is 354 g/mol. The van der Waals surface area contributed by atoms with Crippen LogP contribution in [0.5, 0.6) is 0 Å². The van der Waals surface area contributed by atoms with E-state index in [0.717, 1.165) is 15.7 Å². The smallest absolute Gasteiger partial charge is 0.225 e. The molecule has 21 heavy (non-hydrogen) atoms.